The van der Waals surface area contributed by atoms with Gasteiger partial charge in [-0.25, -0.2) is 4.98 Å². The third kappa shape index (κ3) is 5.22. The van der Waals surface area contributed by atoms with E-state index in [2.05, 4.69) is 15.0 Å². The number of alkyl halides is 3. The van der Waals surface area contributed by atoms with E-state index in [-0.39, 0.29) is 18.3 Å². The van der Waals surface area contributed by atoms with E-state index in [1.807, 2.05) is 0 Å². The molecule has 8 heteroatoms. The van der Waals surface area contributed by atoms with Gasteiger partial charge in [0.05, 0.1) is 0 Å². The van der Waals surface area contributed by atoms with E-state index in [1.165, 1.54) is 12.3 Å². The lowest BCUT2D eigenvalue weighted by Crippen LogP contribution is -2.33. The smallest absolute Gasteiger partial charge is 0.422 e. The molecule has 0 bridgehead atoms. The lowest BCUT2D eigenvalue weighted by molar-refractivity contribution is -0.154. The Kier molecular flexibility index (Phi) is 5.00. The van der Waals surface area contributed by atoms with E-state index < -0.39 is 18.9 Å². The van der Waals surface area contributed by atoms with Crippen molar-refractivity contribution in [2.75, 3.05) is 13.2 Å². The van der Waals surface area contributed by atoms with Gasteiger partial charge >= 0.3 is 6.18 Å². The molecule has 116 valence electrons. The van der Waals surface area contributed by atoms with Crippen LogP contribution in [0.2, 0.25) is 0 Å². The summed E-state index contributed by atoms with van der Waals surface area (Å²) in [5.74, 6) is -0.349. The van der Waals surface area contributed by atoms with Crippen LogP contribution in [-0.2, 0) is 16.1 Å². The maximum Gasteiger partial charge on any atom is 0.422 e. The maximum atomic E-state index is 12.0. The van der Waals surface area contributed by atoms with Gasteiger partial charge in [-0.1, -0.05) is 0 Å². The minimum atomic E-state index is -4.41. The fourth-order valence-electron chi connectivity index (χ4n) is 1.88. The van der Waals surface area contributed by atoms with E-state index in [0.29, 0.717) is 18.6 Å². The second kappa shape index (κ2) is 6.75. The Hall–Kier alpha value is -1.83. The molecule has 5 nitrogen and oxygen atoms in total. The Bertz CT molecular complexity index is 488. The number of rotatable bonds is 5. The molecule has 1 aromatic heterocycles. The highest BCUT2D eigenvalue weighted by Gasteiger charge is 2.28. The Morgan fingerprint density at radius 2 is 2.33 bits per heavy atom. The average molecular weight is 304 g/mol. The molecule has 0 saturated carbocycles. The van der Waals surface area contributed by atoms with Crippen molar-refractivity contribution < 1.29 is 27.4 Å². The molecule has 1 aliphatic heterocycles. The number of aromatic nitrogens is 1. The minimum absolute atomic E-state index is 0.129. The first-order valence-electron chi connectivity index (χ1n) is 6.48. The first-order valence-corrected chi connectivity index (χ1v) is 6.48. The maximum absolute atomic E-state index is 12.0. The molecule has 0 spiro atoms. The minimum Gasteiger partial charge on any atom is -0.468 e. The highest BCUT2D eigenvalue weighted by molar-refractivity contribution is 5.80. The van der Waals surface area contributed by atoms with Crippen molar-refractivity contribution in [3.05, 3.63) is 23.9 Å². The Morgan fingerprint density at radius 3 is 3.00 bits per heavy atom. The van der Waals surface area contributed by atoms with Crippen LogP contribution in [0.1, 0.15) is 18.4 Å². The number of carbonyl (C=O) groups excluding carboxylic acids is 1. The number of halogens is 3. The van der Waals surface area contributed by atoms with Crippen molar-refractivity contribution in [3.63, 3.8) is 0 Å². The van der Waals surface area contributed by atoms with Gasteiger partial charge < -0.3 is 14.8 Å². The SMILES string of the molecule is O=C(NCc1ccnc(OCC(F)(F)F)c1)[C@@H]1CCCO1. The quantitative estimate of drug-likeness (QED) is 0.901. The summed E-state index contributed by atoms with van der Waals surface area (Å²) < 4.78 is 45.9. The Morgan fingerprint density at radius 1 is 1.52 bits per heavy atom. The molecule has 1 amide bonds. The van der Waals surface area contributed by atoms with Gasteiger partial charge in [0.1, 0.15) is 6.10 Å². The Labute approximate surface area is 119 Å². The number of ether oxygens (including phenoxy) is 2. The molecule has 21 heavy (non-hydrogen) atoms. The average Bonchev–Trinajstić information content (AvgIpc) is 2.96. The molecule has 0 aromatic carbocycles. The number of nitrogens with one attached hydrogen (secondary N) is 1. The van der Waals surface area contributed by atoms with Gasteiger partial charge in [-0.3, -0.25) is 4.79 Å². The van der Waals surface area contributed by atoms with Crippen molar-refractivity contribution in [1.82, 2.24) is 10.3 Å². The number of amides is 1. The van der Waals surface area contributed by atoms with Gasteiger partial charge in [-0.05, 0) is 24.5 Å². The van der Waals surface area contributed by atoms with E-state index >= 15 is 0 Å². The van der Waals surface area contributed by atoms with Crippen LogP contribution in [0, 0.1) is 0 Å². The molecule has 0 aliphatic carbocycles. The summed E-state index contributed by atoms with van der Waals surface area (Å²) in [5, 5.41) is 2.67. The van der Waals surface area contributed by atoms with Gasteiger partial charge in [-0.15, -0.1) is 0 Å². The first-order chi connectivity index (χ1) is 9.94. The van der Waals surface area contributed by atoms with Crippen molar-refractivity contribution >= 4 is 5.91 Å². The second-order valence-corrected chi connectivity index (χ2v) is 4.63. The van der Waals surface area contributed by atoms with Crippen molar-refractivity contribution in [2.24, 2.45) is 0 Å². The zero-order valence-corrected chi connectivity index (χ0v) is 11.2. The van der Waals surface area contributed by atoms with Gasteiger partial charge in [0.2, 0.25) is 11.8 Å². The summed E-state index contributed by atoms with van der Waals surface area (Å²) in [6.07, 6.45) is -1.98. The van der Waals surface area contributed by atoms with E-state index in [0.717, 1.165) is 6.42 Å². The summed E-state index contributed by atoms with van der Waals surface area (Å²) in [6, 6.07) is 2.96. The lowest BCUT2D eigenvalue weighted by Gasteiger charge is -2.11. The molecular formula is C13H15F3N2O3. The predicted molar refractivity (Wildman–Crippen MR) is 66.6 cm³/mol. The number of carbonyl (C=O) groups is 1. The van der Waals surface area contributed by atoms with Crippen LogP contribution >= 0.6 is 0 Å². The fourth-order valence-corrected chi connectivity index (χ4v) is 1.88. The van der Waals surface area contributed by atoms with Gasteiger partial charge in [0.15, 0.2) is 6.61 Å². The van der Waals surface area contributed by atoms with Gasteiger partial charge in [0.25, 0.3) is 0 Å². The summed E-state index contributed by atoms with van der Waals surface area (Å²) in [6.45, 7) is -0.641. The molecule has 0 unspecified atom stereocenters. The zero-order chi connectivity index (χ0) is 15.3. The first kappa shape index (κ1) is 15.6. The third-order valence-corrected chi connectivity index (χ3v) is 2.87. The van der Waals surface area contributed by atoms with Gasteiger partial charge in [0, 0.05) is 25.4 Å². The second-order valence-electron chi connectivity index (χ2n) is 4.63. The predicted octanol–water partition coefficient (Wildman–Crippen LogP) is 1.82. The van der Waals surface area contributed by atoms with Crippen LogP contribution in [0.3, 0.4) is 0 Å². The fraction of sp³-hybridized carbons (Fsp3) is 0.538. The molecule has 1 saturated heterocycles. The van der Waals surface area contributed by atoms with Crippen LogP contribution < -0.4 is 10.1 Å². The molecular weight excluding hydrogens is 289 g/mol. The van der Waals surface area contributed by atoms with Crippen LogP contribution in [0.4, 0.5) is 13.2 Å². The standard InChI is InChI=1S/C13H15F3N2O3/c14-13(15,16)8-21-11-6-9(3-4-17-11)7-18-12(19)10-2-1-5-20-10/h3-4,6,10H,1-2,5,7-8H2,(H,18,19)/t10-/m0/s1. The van der Waals surface area contributed by atoms with Gasteiger partial charge in [-0.2, -0.15) is 13.2 Å². The number of hydrogen-bond acceptors (Lipinski definition) is 4. The largest absolute Gasteiger partial charge is 0.468 e. The molecule has 1 atom stereocenters. The summed E-state index contributed by atoms with van der Waals surface area (Å²) >= 11 is 0. The van der Waals surface area contributed by atoms with E-state index in [4.69, 9.17) is 4.74 Å². The van der Waals surface area contributed by atoms with Crippen LogP contribution in [0.25, 0.3) is 0 Å². The zero-order valence-electron chi connectivity index (χ0n) is 11.2. The van der Waals surface area contributed by atoms with Crippen LogP contribution in [0.5, 0.6) is 5.88 Å². The van der Waals surface area contributed by atoms with E-state index in [1.54, 1.807) is 6.07 Å². The summed E-state index contributed by atoms with van der Waals surface area (Å²) in [5.41, 5.74) is 0.605. The van der Waals surface area contributed by atoms with Crippen molar-refractivity contribution in [1.29, 1.82) is 0 Å². The molecule has 1 N–H and O–H groups in total. The third-order valence-electron chi connectivity index (χ3n) is 2.87. The normalized spacial score (nSPS) is 18.5. The number of nitrogens with zero attached hydrogens (tertiary/aromatic N) is 1. The number of pyridine rings is 1. The van der Waals surface area contributed by atoms with Crippen LogP contribution in [-0.4, -0.2) is 36.4 Å². The highest BCUT2D eigenvalue weighted by Crippen LogP contribution is 2.17. The molecule has 2 rings (SSSR count). The van der Waals surface area contributed by atoms with Crippen molar-refractivity contribution in [3.8, 4) is 5.88 Å². The molecule has 0 radical (unpaired) electrons. The molecule has 1 aliphatic rings. The topological polar surface area (TPSA) is 60.5 Å². The molecule has 2 heterocycles. The highest BCUT2D eigenvalue weighted by atomic mass is 19.4. The summed E-state index contributed by atoms with van der Waals surface area (Å²) in [7, 11) is 0. The summed E-state index contributed by atoms with van der Waals surface area (Å²) in [4.78, 5) is 15.4. The van der Waals surface area contributed by atoms with E-state index in [9.17, 15) is 18.0 Å². The molecule has 1 aromatic rings. The van der Waals surface area contributed by atoms with Crippen LogP contribution in [0.15, 0.2) is 18.3 Å². The Balaban J connectivity index is 1.84. The molecule has 1 fully saturated rings. The lowest BCUT2D eigenvalue weighted by atomic mass is 10.2. The number of hydrogen-bond donors (Lipinski definition) is 1. The monoisotopic (exact) mass is 304 g/mol. The van der Waals surface area contributed by atoms with Crippen molar-refractivity contribution in [2.45, 2.75) is 31.7 Å².